The minimum Gasteiger partial charge on any atom is -0.488 e. The third-order valence-electron chi connectivity index (χ3n) is 8.28. The Morgan fingerprint density at radius 2 is 1.70 bits per heavy atom. The first kappa shape index (κ1) is 31.2. The molecule has 4 aromatic carbocycles. The summed E-state index contributed by atoms with van der Waals surface area (Å²) in [7, 11) is 0. The van der Waals surface area contributed by atoms with E-state index in [1.165, 1.54) is 16.9 Å². The smallest absolute Gasteiger partial charge is 0.338 e. The van der Waals surface area contributed by atoms with Crippen molar-refractivity contribution < 1.29 is 14.3 Å². The molecule has 1 aliphatic heterocycles. The number of carbonyl (C=O) groups is 1. The molecule has 1 aliphatic rings. The molecule has 0 fully saturated rings. The summed E-state index contributed by atoms with van der Waals surface area (Å²) in [5.41, 5.74) is 4.82. The first-order valence-corrected chi connectivity index (χ1v) is 16.7. The van der Waals surface area contributed by atoms with E-state index in [1.54, 1.807) is 11.5 Å². The highest BCUT2D eigenvalue weighted by Gasteiger charge is 2.34. The van der Waals surface area contributed by atoms with E-state index < -0.39 is 12.0 Å². The Bertz CT molecular complexity index is 2100. The molecular formula is C39H38N2O4S. The third-order valence-corrected chi connectivity index (χ3v) is 9.26. The van der Waals surface area contributed by atoms with Crippen molar-refractivity contribution in [3.63, 3.8) is 0 Å². The number of nitrogens with zero attached hydrogens (tertiary/aromatic N) is 2. The van der Waals surface area contributed by atoms with E-state index >= 15 is 0 Å². The number of aromatic nitrogens is 1. The molecule has 0 aliphatic carbocycles. The number of para-hydroxylation sites is 1. The quantitative estimate of drug-likeness (QED) is 0.151. The second-order valence-corrected chi connectivity index (χ2v) is 12.7. The van der Waals surface area contributed by atoms with Gasteiger partial charge in [0.2, 0.25) is 0 Å². The Morgan fingerprint density at radius 3 is 2.46 bits per heavy atom. The molecule has 0 unspecified atom stereocenters. The van der Waals surface area contributed by atoms with Gasteiger partial charge in [-0.25, -0.2) is 9.79 Å². The molecule has 2 heterocycles. The van der Waals surface area contributed by atoms with E-state index in [1.807, 2.05) is 60.7 Å². The van der Waals surface area contributed by atoms with Crippen molar-refractivity contribution in [1.29, 1.82) is 0 Å². The lowest BCUT2D eigenvalue weighted by molar-refractivity contribution is -0.139. The summed E-state index contributed by atoms with van der Waals surface area (Å²) in [6.45, 7) is 8.77. The van der Waals surface area contributed by atoms with Gasteiger partial charge in [0, 0.05) is 5.56 Å². The van der Waals surface area contributed by atoms with E-state index in [-0.39, 0.29) is 12.2 Å². The van der Waals surface area contributed by atoms with Gasteiger partial charge in [-0.3, -0.25) is 9.36 Å². The van der Waals surface area contributed by atoms with Crippen LogP contribution < -0.4 is 19.6 Å². The lowest BCUT2D eigenvalue weighted by Crippen LogP contribution is -2.40. The van der Waals surface area contributed by atoms with Crippen molar-refractivity contribution in [1.82, 2.24) is 4.57 Å². The summed E-state index contributed by atoms with van der Waals surface area (Å²) in [6.07, 6.45) is 3.27. The summed E-state index contributed by atoms with van der Waals surface area (Å²) >= 11 is 1.33. The maximum Gasteiger partial charge on any atom is 0.338 e. The van der Waals surface area contributed by atoms with Gasteiger partial charge in [-0.05, 0) is 58.9 Å². The lowest BCUT2D eigenvalue weighted by Gasteiger charge is -2.26. The Hall–Kier alpha value is -4.75. The van der Waals surface area contributed by atoms with Gasteiger partial charge in [-0.15, -0.1) is 0 Å². The molecule has 46 heavy (non-hydrogen) atoms. The maximum absolute atomic E-state index is 14.3. The van der Waals surface area contributed by atoms with Crippen molar-refractivity contribution in [2.75, 3.05) is 6.61 Å². The molecule has 0 saturated carbocycles. The number of carbonyl (C=O) groups excluding carboxylic acids is 1. The molecule has 7 heteroatoms. The van der Waals surface area contributed by atoms with Gasteiger partial charge in [0.05, 0.1) is 28.5 Å². The third kappa shape index (κ3) is 6.20. The van der Waals surface area contributed by atoms with Crippen molar-refractivity contribution in [3.05, 3.63) is 144 Å². The number of benzene rings is 4. The number of thiazole rings is 1. The van der Waals surface area contributed by atoms with Gasteiger partial charge in [0.25, 0.3) is 5.56 Å². The number of ether oxygens (including phenoxy) is 2. The number of rotatable bonds is 10. The molecule has 0 radical (unpaired) electrons. The second kappa shape index (κ2) is 13.7. The zero-order chi connectivity index (χ0) is 32.2. The van der Waals surface area contributed by atoms with Crippen LogP contribution in [0.2, 0.25) is 0 Å². The fraction of sp³-hybridized carbons (Fsp3) is 0.256. The minimum absolute atomic E-state index is 0.206. The minimum atomic E-state index is -0.641. The Kier molecular flexibility index (Phi) is 9.31. The highest BCUT2D eigenvalue weighted by atomic mass is 32.1. The van der Waals surface area contributed by atoms with Crippen LogP contribution >= 0.6 is 11.3 Å². The monoisotopic (exact) mass is 630 g/mol. The normalized spacial score (nSPS) is 14.8. The molecule has 0 amide bonds. The Morgan fingerprint density at radius 1 is 0.957 bits per heavy atom. The average Bonchev–Trinajstić information content (AvgIpc) is 3.37. The van der Waals surface area contributed by atoms with Crippen molar-refractivity contribution >= 4 is 34.2 Å². The van der Waals surface area contributed by atoms with Crippen LogP contribution in [0.1, 0.15) is 74.8 Å². The lowest BCUT2D eigenvalue weighted by atomic mass is 9.92. The number of hydrogen-bond acceptors (Lipinski definition) is 6. The number of hydrogen-bond donors (Lipinski definition) is 0. The zero-order valence-electron chi connectivity index (χ0n) is 26.7. The predicted octanol–water partition coefficient (Wildman–Crippen LogP) is 7.43. The predicted molar refractivity (Wildman–Crippen MR) is 185 cm³/mol. The van der Waals surface area contributed by atoms with Gasteiger partial charge in [-0.2, -0.15) is 0 Å². The fourth-order valence-electron chi connectivity index (χ4n) is 5.95. The van der Waals surface area contributed by atoms with Crippen LogP contribution in [0.4, 0.5) is 0 Å². The topological polar surface area (TPSA) is 69.9 Å². The van der Waals surface area contributed by atoms with Crippen LogP contribution in [0, 0.1) is 0 Å². The molecule has 6 nitrogen and oxygen atoms in total. The van der Waals surface area contributed by atoms with Crippen LogP contribution in [0.3, 0.4) is 0 Å². The van der Waals surface area contributed by atoms with Crippen LogP contribution in [-0.4, -0.2) is 17.1 Å². The highest BCUT2D eigenvalue weighted by Crippen LogP contribution is 2.33. The number of esters is 1. The maximum atomic E-state index is 14.3. The average molecular weight is 631 g/mol. The Balaban J connectivity index is 1.44. The van der Waals surface area contributed by atoms with E-state index in [9.17, 15) is 9.59 Å². The molecule has 0 spiro atoms. The fourth-order valence-corrected chi connectivity index (χ4v) is 6.96. The van der Waals surface area contributed by atoms with Crippen LogP contribution in [0.15, 0.2) is 112 Å². The van der Waals surface area contributed by atoms with E-state index in [4.69, 9.17) is 14.5 Å². The van der Waals surface area contributed by atoms with Gasteiger partial charge in [0.1, 0.15) is 12.4 Å². The molecule has 1 atom stereocenters. The summed E-state index contributed by atoms with van der Waals surface area (Å²) in [4.78, 5) is 33.2. The molecule has 1 aromatic heterocycles. The summed E-state index contributed by atoms with van der Waals surface area (Å²) in [5.74, 6) is 0.602. The molecule has 0 bridgehead atoms. The molecular weight excluding hydrogens is 593 g/mol. The van der Waals surface area contributed by atoms with E-state index in [0.29, 0.717) is 45.3 Å². The van der Waals surface area contributed by atoms with Gasteiger partial charge in [0.15, 0.2) is 4.80 Å². The van der Waals surface area contributed by atoms with Crippen LogP contribution in [0.25, 0.3) is 16.8 Å². The van der Waals surface area contributed by atoms with Crippen LogP contribution in [0.5, 0.6) is 5.75 Å². The van der Waals surface area contributed by atoms with Crippen molar-refractivity contribution in [3.8, 4) is 5.75 Å². The molecule has 6 rings (SSSR count). The number of allylic oxidation sites excluding steroid dienone is 1. The van der Waals surface area contributed by atoms with Gasteiger partial charge >= 0.3 is 5.97 Å². The summed E-state index contributed by atoms with van der Waals surface area (Å²) < 4.78 is 14.1. The second-order valence-electron chi connectivity index (χ2n) is 11.7. The van der Waals surface area contributed by atoms with Crippen LogP contribution in [-0.2, 0) is 16.1 Å². The SMILES string of the molecule is CCCC1=C(C(=O)OCC)[C@@H](c2ccc(C(C)C)cc2)n2c(s/c(=C/c3ccccc3OCc3cccc4ccccc34)c2=O)=N1. The Labute approximate surface area is 273 Å². The summed E-state index contributed by atoms with van der Waals surface area (Å²) in [6, 6.07) is 29.7. The van der Waals surface area contributed by atoms with E-state index in [2.05, 4.69) is 57.2 Å². The van der Waals surface area contributed by atoms with Crippen molar-refractivity contribution in [2.24, 2.45) is 4.99 Å². The molecule has 0 N–H and O–H groups in total. The largest absolute Gasteiger partial charge is 0.488 e. The van der Waals surface area contributed by atoms with Gasteiger partial charge < -0.3 is 9.47 Å². The highest BCUT2D eigenvalue weighted by molar-refractivity contribution is 7.07. The number of fused-ring (bicyclic) bond motifs is 2. The van der Waals surface area contributed by atoms with Crippen molar-refractivity contribution in [2.45, 2.75) is 59.1 Å². The molecule has 0 saturated heterocycles. The van der Waals surface area contributed by atoms with E-state index in [0.717, 1.165) is 33.9 Å². The summed E-state index contributed by atoms with van der Waals surface area (Å²) in [5, 5.41) is 2.31. The first-order chi connectivity index (χ1) is 22.4. The van der Waals surface area contributed by atoms with Gasteiger partial charge in [-0.1, -0.05) is 123 Å². The molecule has 234 valence electrons. The first-order valence-electron chi connectivity index (χ1n) is 15.9. The standard InChI is InChI=1S/C39H38N2O4S/c1-5-12-32-35(38(43)44-6-2)36(28-21-19-26(20-22-28)25(3)4)41-37(42)34(46-39(41)40-32)23-29-14-8-10-18-33(29)45-24-30-16-11-15-27-13-7-9-17-31(27)30/h7-11,13-23,25,36H,5-6,12,24H2,1-4H3/b34-23+/t36-/m1/s1. The molecule has 5 aromatic rings. The zero-order valence-corrected chi connectivity index (χ0v) is 27.5.